The lowest BCUT2D eigenvalue weighted by Crippen LogP contribution is -2.36. The Hall–Kier alpha value is -6.02. The molecule has 270 valence electrons. The monoisotopic (exact) mass is 724 g/mol. The maximum atomic E-state index is 14.3. The molecule has 0 aromatic heterocycles. The van der Waals surface area contributed by atoms with Gasteiger partial charge in [0.2, 0.25) is 5.78 Å². The van der Waals surface area contributed by atoms with E-state index < -0.39 is 42.1 Å². The number of nitriles is 1. The van der Waals surface area contributed by atoms with Crippen LogP contribution in [0.5, 0.6) is 0 Å². The van der Waals surface area contributed by atoms with Gasteiger partial charge in [-0.15, -0.1) is 0 Å². The summed E-state index contributed by atoms with van der Waals surface area (Å²) in [7, 11) is 0. The molecular formula is C42H33F5N2O4. The van der Waals surface area contributed by atoms with Gasteiger partial charge in [-0.1, -0.05) is 65.9 Å². The molecule has 0 radical (unpaired) electrons. The molecule has 0 spiro atoms. The first-order valence-corrected chi connectivity index (χ1v) is 16.5. The molecule has 0 amide bonds. The highest BCUT2D eigenvalue weighted by atomic mass is 19.4. The molecule has 6 nitrogen and oxygen atoms in total. The minimum atomic E-state index is -5.72. The highest BCUT2D eigenvalue weighted by molar-refractivity contribution is 6.51. The number of benzene rings is 4. The van der Waals surface area contributed by atoms with Crippen LogP contribution in [0.3, 0.4) is 0 Å². The van der Waals surface area contributed by atoms with E-state index in [2.05, 4.69) is 5.16 Å². The normalized spacial score (nSPS) is 13.8. The molecule has 4 aromatic rings. The second kappa shape index (κ2) is 14.9. The number of ketones is 2. The van der Waals surface area contributed by atoms with Crippen molar-refractivity contribution in [3.8, 4) is 17.2 Å². The number of nitrogens with zero attached hydrogens (tertiary/aromatic N) is 2. The van der Waals surface area contributed by atoms with Crippen LogP contribution in [0.25, 0.3) is 11.1 Å². The van der Waals surface area contributed by atoms with Crippen molar-refractivity contribution in [3.63, 3.8) is 0 Å². The summed E-state index contributed by atoms with van der Waals surface area (Å²) in [6.07, 6.45) is -0.284. The lowest BCUT2D eigenvalue weighted by atomic mass is 9.76. The molecule has 5 rings (SSSR count). The standard InChI is InChI=1S/C42H33F5N2O4/c1-5-18-40(19-6-2)35-22-30(38(51)29-11-9-28(24-48)10-12-29)13-15-32(35)33-16-14-31(23-36(33)40)39(52)37(49-53-26(4)50)34-21-27(8-7-25(34)3)17-20-41(43,44)42(45,46)47/h5-16,18-19,21-23H,17,20H2,1-4H3/b18-5+,19-6+,49-37-. The fraction of sp³-hybridized carbons (Fsp3) is 0.214. The van der Waals surface area contributed by atoms with Gasteiger partial charge in [0.15, 0.2) is 11.5 Å². The van der Waals surface area contributed by atoms with Crippen LogP contribution in [-0.4, -0.2) is 35.3 Å². The third kappa shape index (κ3) is 7.49. The number of allylic oxidation sites excluding steroid dienone is 4. The Balaban J connectivity index is 1.59. The molecule has 0 N–H and O–H groups in total. The van der Waals surface area contributed by atoms with E-state index in [1.54, 1.807) is 55.5 Å². The van der Waals surface area contributed by atoms with Crippen molar-refractivity contribution in [3.05, 3.63) is 153 Å². The fourth-order valence-electron chi connectivity index (χ4n) is 6.46. The second-order valence-corrected chi connectivity index (χ2v) is 12.6. The summed E-state index contributed by atoms with van der Waals surface area (Å²) in [5, 5.41) is 13.0. The van der Waals surface area contributed by atoms with Gasteiger partial charge in [-0.3, -0.25) is 9.59 Å². The van der Waals surface area contributed by atoms with Gasteiger partial charge in [-0.25, -0.2) is 4.79 Å². The van der Waals surface area contributed by atoms with E-state index in [1.165, 1.54) is 18.2 Å². The van der Waals surface area contributed by atoms with E-state index in [9.17, 15) is 36.3 Å². The van der Waals surface area contributed by atoms with Gasteiger partial charge in [0.25, 0.3) is 0 Å². The van der Waals surface area contributed by atoms with E-state index in [0.717, 1.165) is 23.6 Å². The molecule has 0 saturated heterocycles. The molecule has 1 aliphatic rings. The summed E-state index contributed by atoms with van der Waals surface area (Å²) in [6, 6.07) is 22.9. The number of aryl methyl sites for hydroxylation is 2. The van der Waals surface area contributed by atoms with Crippen molar-refractivity contribution in [2.24, 2.45) is 5.16 Å². The summed E-state index contributed by atoms with van der Waals surface area (Å²) in [5.41, 5.74) is 3.78. The second-order valence-electron chi connectivity index (χ2n) is 12.6. The van der Waals surface area contributed by atoms with Crippen LogP contribution in [0.15, 0.2) is 108 Å². The maximum Gasteiger partial charge on any atom is 0.453 e. The molecule has 1 aliphatic carbocycles. The number of alkyl halides is 5. The van der Waals surface area contributed by atoms with Crippen LogP contribution < -0.4 is 0 Å². The van der Waals surface area contributed by atoms with Gasteiger partial charge < -0.3 is 4.84 Å². The molecule has 0 atom stereocenters. The summed E-state index contributed by atoms with van der Waals surface area (Å²) in [5.74, 6) is -6.71. The van der Waals surface area contributed by atoms with Crippen molar-refractivity contribution in [2.45, 2.75) is 58.1 Å². The van der Waals surface area contributed by atoms with Crippen molar-refractivity contribution in [1.29, 1.82) is 5.26 Å². The Labute approximate surface area is 302 Å². The number of oxime groups is 1. The Morgan fingerprint density at radius 3 is 1.92 bits per heavy atom. The third-order valence-corrected chi connectivity index (χ3v) is 9.06. The van der Waals surface area contributed by atoms with Gasteiger partial charge in [-0.05, 0) is 103 Å². The Bertz CT molecular complexity index is 2230. The molecule has 0 heterocycles. The molecule has 0 saturated carbocycles. The average molecular weight is 725 g/mol. The minimum Gasteiger partial charge on any atom is -0.318 e. The third-order valence-electron chi connectivity index (χ3n) is 9.06. The summed E-state index contributed by atoms with van der Waals surface area (Å²) < 4.78 is 66.1. The summed E-state index contributed by atoms with van der Waals surface area (Å²) >= 11 is 0. The number of carbonyl (C=O) groups is 3. The van der Waals surface area contributed by atoms with E-state index in [4.69, 9.17) is 10.1 Å². The lowest BCUT2D eigenvalue weighted by Gasteiger charge is -2.26. The molecule has 0 fully saturated rings. The predicted octanol–water partition coefficient (Wildman–Crippen LogP) is 9.80. The largest absolute Gasteiger partial charge is 0.453 e. The average Bonchev–Trinajstić information content (AvgIpc) is 3.39. The first-order chi connectivity index (χ1) is 25.1. The van der Waals surface area contributed by atoms with Crippen LogP contribution in [0.2, 0.25) is 0 Å². The van der Waals surface area contributed by atoms with Gasteiger partial charge in [0.05, 0.1) is 17.0 Å². The van der Waals surface area contributed by atoms with Crippen LogP contribution in [0.1, 0.15) is 86.9 Å². The zero-order valence-electron chi connectivity index (χ0n) is 29.1. The number of fused-ring (bicyclic) bond motifs is 3. The predicted molar refractivity (Wildman–Crippen MR) is 190 cm³/mol. The van der Waals surface area contributed by atoms with Crippen LogP contribution in [0.4, 0.5) is 22.0 Å². The molecule has 4 aromatic carbocycles. The Morgan fingerprint density at radius 1 is 0.811 bits per heavy atom. The quantitative estimate of drug-likeness (QED) is 0.0383. The number of halogens is 5. The number of hydrogen-bond acceptors (Lipinski definition) is 6. The molecule has 53 heavy (non-hydrogen) atoms. The smallest absolute Gasteiger partial charge is 0.318 e. The Kier molecular flexibility index (Phi) is 10.8. The molecule has 0 aliphatic heterocycles. The van der Waals surface area contributed by atoms with Crippen LogP contribution >= 0.6 is 0 Å². The zero-order chi connectivity index (χ0) is 38.7. The summed E-state index contributed by atoms with van der Waals surface area (Å²) in [4.78, 5) is 44.6. The van der Waals surface area contributed by atoms with Crippen LogP contribution in [0, 0.1) is 18.3 Å². The first kappa shape index (κ1) is 38.2. The molecule has 11 heteroatoms. The van der Waals surface area contributed by atoms with E-state index in [0.29, 0.717) is 27.8 Å². The first-order valence-electron chi connectivity index (χ1n) is 16.5. The number of Topliss-reactive ketones (excluding diaryl/α,β-unsaturated/α-hetero) is 1. The number of carbonyl (C=O) groups excluding carboxylic acids is 3. The van der Waals surface area contributed by atoms with Gasteiger partial charge >= 0.3 is 18.1 Å². The molecule has 0 unspecified atom stereocenters. The van der Waals surface area contributed by atoms with Crippen molar-refractivity contribution in [1.82, 2.24) is 0 Å². The van der Waals surface area contributed by atoms with Gasteiger partial charge in [0.1, 0.15) is 0 Å². The van der Waals surface area contributed by atoms with Crippen molar-refractivity contribution in [2.75, 3.05) is 0 Å². The fourth-order valence-corrected chi connectivity index (χ4v) is 6.46. The molecular weight excluding hydrogens is 691 g/mol. The SMILES string of the molecule is C/C=C/C1(/C=C/C)c2cc(C(=O)/C(=N\OC(C)=O)c3cc(CCC(F)(F)C(F)(F)F)ccc3C)ccc2-c2ccc(C(=O)c3ccc(C#N)cc3)cc21. The maximum absolute atomic E-state index is 14.3. The Morgan fingerprint density at radius 2 is 1.38 bits per heavy atom. The highest BCUT2D eigenvalue weighted by Crippen LogP contribution is 2.51. The van der Waals surface area contributed by atoms with E-state index >= 15 is 0 Å². The lowest BCUT2D eigenvalue weighted by molar-refractivity contribution is -0.284. The highest BCUT2D eigenvalue weighted by Gasteiger charge is 2.56. The van der Waals surface area contributed by atoms with Gasteiger partial charge in [0, 0.05) is 35.6 Å². The van der Waals surface area contributed by atoms with E-state index in [-0.39, 0.29) is 28.2 Å². The molecule has 0 bridgehead atoms. The van der Waals surface area contributed by atoms with Crippen molar-refractivity contribution >= 4 is 23.2 Å². The topological polar surface area (TPSA) is 96.6 Å². The van der Waals surface area contributed by atoms with Gasteiger partial charge in [-0.2, -0.15) is 27.2 Å². The zero-order valence-corrected chi connectivity index (χ0v) is 29.1. The number of hydrogen-bond donors (Lipinski definition) is 0. The van der Waals surface area contributed by atoms with Crippen molar-refractivity contribution < 1.29 is 41.2 Å². The summed E-state index contributed by atoms with van der Waals surface area (Å²) in [6.45, 7) is 6.35. The minimum absolute atomic E-state index is 0.0898. The van der Waals surface area contributed by atoms with E-state index in [1.807, 2.05) is 56.4 Å². The van der Waals surface area contributed by atoms with Crippen LogP contribution in [-0.2, 0) is 21.5 Å². The number of rotatable bonds is 11.